The number of nitrogens with zero attached hydrogens (tertiary/aromatic N) is 3. The quantitative estimate of drug-likeness (QED) is 0.563. The van der Waals surface area contributed by atoms with Gasteiger partial charge in [-0.2, -0.15) is 0 Å². The Kier molecular flexibility index (Phi) is 6.13. The molecule has 0 unspecified atom stereocenters. The summed E-state index contributed by atoms with van der Waals surface area (Å²) in [6, 6.07) is 14.5. The Morgan fingerprint density at radius 3 is 2.48 bits per heavy atom. The second-order valence-corrected chi connectivity index (χ2v) is 7.49. The van der Waals surface area contributed by atoms with Crippen molar-refractivity contribution in [1.29, 1.82) is 0 Å². The molecule has 1 aliphatic heterocycles. The summed E-state index contributed by atoms with van der Waals surface area (Å²) in [6.07, 6.45) is 3.12. The molecule has 1 amide bonds. The summed E-state index contributed by atoms with van der Waals surface area (Å²) >= 11 is 0. The van der Waals surface area contributed by atoms with E-state index in [1.165, 1.54) is 16.5 Å². The molecule has 0 spiro atoms. The average molecular weight is 421 g/mol. The minimum atomic E-state index is -0.454. The van der Waals surface area contributed by atoms with Crippen LogP contribution in [0.25, 0.3) is 11.1 Å². The molecule has 0 bridgehead atoms. The zero-order valence-electron chi connectivity index (χ0n) is 17.5. The highest BCUT2D eigenvalue weighted by molar-refractivity contribution is 5.90. The van der Waals surface area contributed by atoms with Gasteiger partial charge in [0.1, 0.15) is 18.2 Å². The maximum absolute atomic E-state index is 14.9. The number of benzene rings is 2. The summed E-state index contributed by atoms with van der Waals surface area (Å²) in [6.45, 7) is 2.24. The highest BCUT2D eigenvalue weighted by atomic mass is 19.1. The number of carbonyl (C=O) groups is 1. The topological polar surface area (TPSA) is 54.9 Å². The van der Waals surface area contributed by atoms with E-state index in [9.17, 15) is 9.18 Å². The van der Waals surface area contributed by atoms with Gasteiger partial charge < -0.3 is 9.47 Å². The van der Waals surface area contributed by atoms with E-state index < -0.39 is 11.9 Å². The Hall–Kier alpha value is -3.45. The SMILES string of the molecule is COc1cc(CN(C)Cc2ccncc2)ccc1-c1ccc(N2CCOC2=O)cc1F. The summed E-state index contributed by atoms with van der Waals surface area (Å²) in [4.78, 5) is 19.4. The van der Waals surface area contributed by atoms with E-state index in [4.69, 9.17) is 9.47 Å². The van der Waals surface area contributed by atoms with Crippen molar-refractivity contribution in [2.24, 2.45) is 0 Å². The number of anilines is 1. The van der Waals surface area contributed by atoms with E-state index in [1.54, 1.807) is 31.6 Å². The van der Waals surface area contributed by atoms with E-state index in [1.807, 2.05) is 37.4 Å². The maximum atomic E-state index is 14.9. The van der Waals surface area contributed by atoms with Crippen molar-refractivity contribution >= 4 is 11.8 Å². The monoisotopic (exact) mass is 421 g/mol. The minimum Gasteiger partial charge on any atom is -0.496 e. The van der Waals surface area contributed by atoms with Gasteiger partial charge in [0.2, 0.25) is 0 Å². The number of carbonyl (C=O) groups excluding carboxylic acids is 1. The number of amides is 1. The molecule has 1 aliphatic rings. The van der Waals surface area contributed by atoms with E-state index in [-0.39, 0.29) is 0 Å². The van der Waals surface area contributed by atoms with Gasteiger partial charge in [-0.05, 0) is 54.6 Å². The van der Waals surface area contributed by atoms with Crippen LogP contribution in [0.3, 0.4) is 0 Å². The van der Waals surface area contributed by atoms with Crippen LogP contribution in [0.4, 0.5) is 14.9 Å². The zero-order valence-corrected chi connectivity index (χ0v) is 17.5. The molecule has 6 nitrogen and oxygen atoms in total. The maximum Gasteiger partial charge on any atom is 0.414 e. The predicted octanol–water partition coefficient (Wildman–Crippen LogP) is 4.48. The number of hydrogen-bond donors (Lipinski definition) is 0. The fourth-order valence-corrected chi connectivity index (χ4v) is 3.74. The first-order valence-corrected chi connectivity index (χ1v) is 10.0. The van der Waals surface area contributed by atoms with Gasteiger partial charge in [-0.25, -0.2) is 9.18 Å². The lowest BCUT2D eigenvalue weighted by Gasteiger charge is -2.19. The van der Waals surface area contributed by atoms with Gasteiger partial charge in [-0.15, -0.1) is 0 Å². The molecule has 0 atom stereocenters. The third-order valence-electron chi connectivity index (χ3n) is 5.24. The van der Waals surface area contributed by atoms with Crippen LogP contribution in [0.15, 0.2) is 60.9 Å². The van der Waals surface area contributed by atoms with Crippen LogP contribution in [0.2, 0.25) is 0 Å². The first-order chi connectivity index (χ1) is 15.0. The summed E-state index contributed by atoms with van der Waals surface area (Å²) in [5, 5.41) is 0. The van der Waals surface area contributed by atoms with Gasteiger partial charge in [-0.3, -0.25) is 14.8 Å². The first kappa shape index (κ1) is 20.8. The van der Waals surface area contributed by atoms with Crippen molar-refractivity contribution in [3.05, 3.63) is 77.9 Å². The third kappa shape index (κ3) is 4.67. The van der Waals surface area contributed by atoms with Crippen molar-refractivity contribution in [3.8, 4) is 16.9 Å². The van der Waals surface area contributed by atoms with Crippen molar-refractivity contribution in [3.63, 3.8) is 0 Å². The summed E-state index contributed by atoms with van der Waals surface area (Å²) in [5.74, 6) is 0.181. The van der Waals surface area contributed by atoms with E-state index in [0.717, 1.165) is 18.7 Å². The van der Waals surface area contributed by atoms with Crippen LogP contribution in [-0.2, 0) is 17.8 Å². The Balaban J connectivity index is 1.53. The number of hydrogen-bond acceptors (Lipinski definition) is 5. The van der Waals surface area contributed by atoms with Gasteiger partial charge >= 0.3 is 6.09 Å². The summed E-state index contributed by atoms with van der Waals surface area (Å²) < 4.78 is 25.4. The molecule has 0 radical (unpaired) electrons. The van der Waals surface area contributed by atoms with Crippen molar-refractivity contribution in [1.82, 2.24) is 9.88 Å². The van der Waals surface area contributed by atoms with Gasteiger partial charge in [0.15, 0.2) is 0 Å². The van der Waals surface area contributed by atoms with Crippen LogP contribution in [0, 0.1) is 5.82 Å². The van der Waals surface area contributed by atoms with Crippen LogP contribution in [0.5, 0.6) is 5.75 Å². The molecule has 160 valence electrons. The number of halogens is 1. The molecule has 2 aromatic carbocycles. The second-order valence-electron chi connectivity index (χ2n) is 7.49. The van der Waals surface area contributed by atoms with Crippen LogP contribution >= 0.6 is 0 Å². The van der Waals surface area contributed by atoms with Crippen molar-refractivity contribution in [2.75, 3.05) is 32.2 Å². The number of aromatic nitrogens is 1. The van der Waals surface area contributed by atoms with E-state index >= 15 is 0 Å². The standard InChI is InChI=1S/C24H24FN3O3/c1-27(15-17-7-9-26-10-8-17)16-18-3-5-21(23(13-18)30-2)20-6-4-19(14-22(20)25)28-11-12-31-24(28)29/h3-10,13-14H,11-12,15-16H2,1-2H3. The third-order valence-corrected chi connectivity index (χ3v) is 5.24. The minimum absolute atomic E-state index is 0.313. The normalized spacial score (nSPS) is 13.5. The molecule has 0 aliphatic carbocycles. The van der Waals surface area contributed by atoms with E-state index in [0.29, 0.717) is 35.7 Å². The lowest BCUT2D eigenvalue weighted by atomic mass is 10.0. The highest BCUT2D eigenvalue weighted by Crippen LogP contribution is 2.35. The summed E-state index contributed by atoms with van der Waals surface area (Å²) in [5.41, 5.74) is 3.82. The van der Waals surface area contributed by atoms with Crippen LogP contribution < -0.4 is 9.64 Å². The molecular weight excluding hydrogens is 397 g/mol. The predicted molar refractivity (Wildman–Crippen MR) is 116 cm³/mol. The molecule has 0 saturated carbocycles. The average Bonchev–Trinajstić information content (AvgIpc) is 3.20. The molecule has 1 fully saturated rings. The molecule has 0 N–H and O–H groups in total. The van der Waals surface area contributed by atoms with Gasteiger partial charge in [-0.1, -0.05) is 12.1 Å². The molecule has 7 heteroatoms. The molecule has 3 aromatic rings. The number of methoxy groups -OCH3 is 1. The Bertz CT molecular complexity index is 1070. The Morgan fingerprint density at radius 2 is 1.81 bits per heavy atom. The van der Waals surface area contributed by atoms with Gasteiger partial charge in [0.05, 0.1) is 19.3 Å². The van der Waals surface area contributed by atoms with Crippen molar-refractivity contribution in [2.45, 2.75) is 13.1 Å². The largest absolute Gasteiger partial charge is 0.496 e. The fourth-order valence-electron chi connectivity index (χ4n) is 3.74. The smallest absolute Gasteiger partial charge is 0.414 e. The second kappa shape index (κ2) is 9.14. The first-order valence-electron chi connectivity index (χ1n) is 10.0. The Morgan fingerprint density at radius 1 is 1.06 bits per heavy atom. The van der Waals surface area contributed by atoms with Crippen LogP contribution in [-0.4, -0.2) is 43.3 Å². The molecule has 2 heterocycles. The number of rotatable bonds is 7. The van der Waals surface area contributed by atoms with Crippen LogP contribution in [0.1, 0.15) is 11.1 Å². The molecule has 1 aromatic heterocycles. The fraction of sp³-hybridized carbons (Fsp3) is 0.250. The Labute approximate surface area is 180 Å². The number of cyclic esters (lactones) is 1. The lowest BCUT2D eigenvalue weighted by Crippen LogP contribution is -2.23. The zero-order chi connectivity index (χ0) is 21.8. The number of ether oxygens (including phenoxy) is 2. The number of pyridine rings is 1. The lowest BCUT2D eigenvalue weighted by molar-refractivity contribution is 0.181. The van der Waals surface area contributed by atoms with Crippen molar-refractivity contribution < 1.29 is 18.7 Å². The molecule has 31 heavy (non-hydrogen) atoms. The molecule has 4 rings (SSSR count). The molecule has 1 saturated heterocycles. The summed E-state index contributed by atoms with van der Waals surface area (Å²) in [7, 11) is 3.62. The van der Waals surface area contributed by atoms with Gasteiger partial charge in [0.25, 0.3) is 0 Å². The highest BCUT2D eigenvalue weighted by Gasteiger charge is 2.24. The molecular formula is C24H24FN3O3. The van der Waals surface area contributed by atoms with E-state index in [2.05, 4.69) is 9.88 Å². The van der Waals surface area contributed by atoms with Gasteiger partial charge in [0, 0.05) is 36.6 Å².